The van der Waals surface area contributed by atoms with Gasteiger partial charge in [-0.3, -0.25) is 9.59 Å². The standard InChI is InChI=1S/C23H22N4O2/c1-26-19-12-6-5-11-18(19)24-23(26)22(17-9-3-2-4-10-17)25-20(28)14-16-27-15-8-7-13-21(27)29/h2-13,15,22H,14,16H2,1H3,(H,25,28). The van der Waals surface area contributed by atoms with Crippen molar-refractivity contribution >= 4 is 16.9 Å². The Kier molecular flexibility index (Phi) is 5.24. The minimum atomic E-state index is -0.381. The minimum Gasteiger partial charge on any atom is -0.342 e. The van der Waals surface area contributed by atoms with Crippen LogP contribution in [-0.4, -0.2) is 20.0 Å². The van der Waals surface area contributed by atoms with Gasteiger partial charge in [-0.25, -0.2) is 4.98 Å². The topological polar surface area (TPSA) is 68.9 Å². The molecular weight excluding hydrogens is 364 g/mol. The highest BCUT2D eigenvalue weighted by molar-refractivity contribution is 5.78. The molecule has 0 bridgehead atoms. The Morgan fingerprint density at radius 2 is 1.72 bits per heavy atom. The number of carbonyl (C=O) groups is 1. The molecule has 0 aliphatic carbocycles. The van der Waals surface area contributed by atoms with Crippen molar-refractivity contribution in [1.82, 2.24) is 19.4 Å². The van der Waals surface area contributed by atoms with Crippen molar-refractivity contribution < 1.29 is 4.79 Å². The van der Waals surface area contributed by atoms with Gasteiger partial charge in [0.2, 0.25) is 5.91 Å². The molecule has 4 rings (SSSR count). The Morgan fingerprint density at radius 1 is 1.00 bits per heavy atom. The lowest BCUT2D eigenvalue weighted by Gasteiger charge is -2.19. The summed E-state index contributed by atoms with van der Waals surface area (Å²) >= 11 is 0. The molecule has 0 spiro atoms. The predicted molar refractivity (Wildman–Crippen MR) is 112 cm³/mol. The molecule has 2 aromatic heterocycles. The van der Waals surface area contributed by atoms with Gasteiger partial charge in [0.15, 0.2) is 0 Å². The number of nitrogens with zero attached hydrogens (tertiary/aromatic N) is 3. The largest absolute Gasteiger partial charge is 0.342 e. The second-order valence-electron chi connectivity index (χ2n) is 6.91. The summed E-state index contributed by atoms with van der Waals surface area (Å²) in [4.78, 5) is 29.4. The lowest BCUT2D eigenvalue weighted by molar-refractivity contribution is -0.121. The average Bonchev–Trinajstić information content (AvgIpc) is 3.08. The summed E-state index contributed by atoms with van der Waals surface area (Å²) in [6.07, 6.45) is 1.90. The number of hydrogen-bond acceptors (Lipinski definition) is 3. The normalized spacial score (nSPS) is 12.0. The predicted octanol–water partition coefficient (Wildman–Crippen LogP) is 3.03. The number of para-hydroxylation sites is 2. The molecule has 29 heavy (non-hydrogen) atoms. The molecule has 1 amide bonds. The summed E-state index contributed by atoms with van der Waals surface area (Å²) in [7, 11) is 1.95. The third-order valence-corrected chi connectivity index (χ3v) is 5.00. The van der Waals surface area contributed by atoms with Crippen molar-refractivity contribution in [3.63, 3.8) is 0 Å². The summed E-state index contributed by atoms with van der Waals surface area (Å²) < 4.78 is 3.54. The van der Waals surface area contributed by atoms with E-state index in [0.717, 1.165) is 22.4 Å². The van der Waals surface area contributed by atoms with E-state index in [0.29, 0.717) is 6.54 Å². The lowest BCUT2D eigenvalue weighted by atomic mass is 10.1. The molecule has 4 aromatic rings. The van der Waals surface area contributed by atoms with Crippen LogP contribution in [0.4, 0.5) is 0 Å². The van der Waals surface area contributed by atoms with Crippen LogP contribution in [-0.2, 0) is 18.4 Å². The van der Waals surface area contributed by atoms with Gasteiger partial charge in [-0.1, -0.05) is 48.5 Å². The number of aromatic nitrogens is 3. The molecule has 0 radical (unpaired) electrons. The fourth-order valence-corrected chi connectivity index (χ4v) is 3.47. The van der Waals surface area contributed by atoms with E-state index in [1.54, 1.807) is 18.3 Å². The van der Waals surface area contributed by atoms with E-state index in [9.17, 15) is 9.59 Å². The van der Waals surface area contributed by atoms with Crippen molar-refractivity contribution in [3.8, 4) is 0 Å². The first-order valence-corrected chi connectivity index (χ1v) is 9.54. The maximum absolute atomic E-state index is 12.7. The number of benzene rings is 2. The van der Waals surface area contributed by atoms with Crippen LogP contribution >= 0.6 is 0 Å². The Labute approximate surface area is 168 Å². The molecule has 1 unspecified atom stereocenters. The van der Waals surface area contributed by atoms with Crippen LogP contribution in [0, 0.1) is 0 Å². The zero-order valence-electron chi connectivity index (χ0n) is 16.2. The van der Waals surface area contributed by atoms with Gasteiger partial charge in [-0.05, 0) is 23.8 Å². The average molecular weight is 386 g/mol. The quantitative estimate of drug-likeness (QED) is 0.554. The van der Waals surface area contributed by atoms with Crippen LogP contribution in [0.2, 0.25) is 0 Å². The monoisotopic (exact) mass is 386 g/mol. The van der Waals surface area contributed by atoms with E-state index in [4.69, 9.17) is 4.98 Å². The summed E-state index contributed by atoms with van der Waals surface area (Å²) in [6.45, 7) is 0.329. The number of imidazole rings is 1. The molecule has 0 aliphatic rings. The van der Waals surface area contributed by atoms with Crippen molar-refractivity contribution in [2.45, 2.75) is 19.0 Å². The molecule has 146 valence electrons. The van der Waals surface area contributed by atoms with Gasteiger partial charge in [-0.15, -0.1) is 0 Å². The highest BCUT2D eigenvalue weighted by atomic mass is 16.2. The van der Waals surface area contributed by atoms with Crippen molar-refractivity contribution in [2.75, 3.05) is 0 Å². The van der Waals surface area contributed by atoms with Gasteiger partial charge < -0.3 is 14.5 Å². The third kappa shape index (κ3) is 3.96. The van der Waals surface area contributed by atoms with Gasteiger partial charge in [0.05, 0.1) is 11.0 Å². The van der Waals surface area contributed by atoms with Crippen LogP contribution in [0.3, 0.4) is 0 Å². The number of hydrogen-bond donors (Lipinski definition) is 1. The molecule has 0 fully saturated rings. The number of pyridine rings is 1. The fraction of sp³-hybridized carbons (Fsp3) is 0.174. The van der Waals surface area contributed by atoms with Gasteiger partial charge in [-0.2, -0.15) is 0 Å². The molecule has 0 saturated heterocycles. The van der Waals surface area contributed by atoms with Crippen molar-refractivity contribution in [1.29, 1.82) is 0 Å². The van der Waals surface area contributed by atoms with Gasteiger partial charge >= 0.3 is 0 Å². The van der Waals surface area contributed by atoms with Gasteiger partial charge in [0, 0.05) is 32.3 Å². The highest BCUT2D eigenvalue weighted by Crippen LogP contribution is 2.25. The number of nitrogens with one attached hydrogen (secondary N) is 1. The highest BCUT2D eigenvalue weighted by Gasteiger charge is 2.22. The van der Waals surface area contributed by atoms with Crippen LogP contribution in [0.1, 0.15) is 23.9 Å². The zero-order valence-corrected chi connectivity index (χ0v) is 16.2. The molecule has 0 aliphatic heterocycles. The van der Waals surface area contributed by atoms with E-state index in [1.165, 1.54) is 10.6 Å². The first-order chi connectivity index (χ1) is 14.1. The summed E-state index contributed by atoms with van der Waals surface area (Å²) in [6, 6.07) is 22.3. The number of carbonyl (C=O) groups excluding carboxylic acids is 1. The first-order valence-electron chi connectivity index (χ1n) is 9.54. The molecule has 2 aromatic carbocycles. The number of fused-ring (bicyclic) bond motifs is 1. The van der Waals surface area contributed by atoms with E-state index in [2.05, 4.69) is 5.32 Å². The smallest absolute Gasteiger partial charge is 0.250 e. The lowest BCUT2D eigenvalue weighted by Crippen LogP contribution is -2.32. The molecule has 1 atom stereocenters. The van der Waals surface area contributed by atoms with Gasteiger partial charge in [0.25, 0.3) is 5.56 Å². The molecule has 6 nitrogen and oxygen atoms in total. The van der Waals surface area contributed by atoms with Crippen molar-refractivity contribution in [2.24, 2.45) is 7.05 Å². The minimum absolute atomic E-state index is 0.115. The SMILES string of the molecule is Cn1c(C(NC(=O)CCn2ccccc2=O)c2ccccc2)nc2ccccc21. The van der Waals surface area contributed by atoms with E-state index >= 15 is 0 Å². The zero-order chi connectivity index (χ0) is 20.2. The third-order valence-electron chi connectivity index (χ3n) is 5.00. The summed E-state index contributed by atoms with van der Waals surface area (Å²) in [5.41, 5.74) is 2.73. The fourth-order valence-electron chi connectivity index (χ4n) is 3.47. The number of aryl methyl sites for hydroxylation is 2. The Balaban J connectivity index is 1.61. The Bertz CT molecular complexity index is 1190. The van der Waals surface area contributed by atoms with Crippen LogP contribution in [0.15, 0.2) is 83.8 Å². The van der Waals surface area contributed by atoms with Crippen LogP contribution < -0.4 is 10.9 Å². The van der Waals surface area contributed by atoms with E-state index in [-0.39, 0.29) is 23.9 Å². The summed E-state index contributed by atoms with van der Waals surface area (Å²) in [5, 5.41) is 3.10. The Morgan fingerprint density at radius 3 is 2.48 bits per heavy atom. The first kappa shape index (κ1) is 18.7. The van der Waals surface area contributed by atoms with E-state index in [1.807, 2.05) is 66.2 Å². The number of rotatable bonds is 6. The maximum Gasteiger partial charge on any atom is 0.250 e. The molecule has 0 saturated carbocycles. The number of amides is 1. The van der Waals surface area contributed by atoms with Crippen LogP contribution in [0.25, 0.3) is 11.0 Å². The summed E-state index contributed by atoms with van der Waals surface area (Å²) in [5.74, 6) is 0.629. The van der Waals surface area contributed by atoms with Crippen LogP contribution in [0.5, 0.6) is 0 Å². The maximum atomic E-state index is 12.7. The van der Waals surface area contributed by atoms with Gasteiger partial charge in [0.1, 0.15) is 11.9 Å². The second kappa shape index (κ2) is 8.14. The molecule has 6 heteroatoms. The molecular formula is C23H22N4O2. The Hall–Kier alpha value is -3.67. The van der Waals surface area contributed by atoms with E-state index < -0.39 is 0 Å². The molecule has 1 N–H and O–H groups in total. The second-order valence-corrected chi connectivity index (χ2v) is 6.91. The van der Waals surface area contributed by atoms with Crippen molar-refractivity contribution in [3.05, 3.63) is 101 Å². The molecule has 2 heterocycles.